The average molecular weight is 360 g/mol. The summed E-state index contributed by atoms with van der Waals surface area (Å²) in [6, 6.07) is 0. The van der Waals surface area contributed by atoms with Crippen LogP contribution in [-0.4, -0.2) is 63.9 Å². The van der Waals surface area contributed by atoms with E-state index in [1.165, 1.54) is 38.5 Å². The number of hydrogen-bond acceptors (Lipinski definition) is 5. The van der Waals surface area contributed by atoms with Crippen LogP contribution in [0.1, 0.15) is 51.4 Å². The van der Waals surface area contributed by atoms with E-state index in [-0.39, 0.29) is 13.2 Å². The van der Waals surface area contributed by atoms with Crippen molar-refractivity contribution in [3.63, 3.8) is 0 Å². The molecule has 0 aliphatic heterocycles. The molecule has 0 aliphatic carbocycles. The summed E-state index contributed by atoms with van der Waals surface area (Å²) in [4.78, 5) is 10.2. The van der Waals surface area contributed by atoms with Crippen molar-refractivity contribution >= 4 is 5.97 Å². The lowest BCUT2D eigenvalue weighted by atomic mass is 10.1. The number of carboxylic acid groups (broad SMARTS) is 1. The molecule has 25 heavy (non-hydrogen) atoms. The van der Waals surface area contributed by atoms with Gasteiger partial charge in [-0.2, -0.15) is 0 Å². The molecule has 0 aliphatic rings. The number of carboxylic acids is 1. The number of aliphatic carboxylic acids is 1. The lowest BCUT2D eigenvalue weighted by molar-refractivity contribution is -0.142. The maximum atomic E-state index is 10.2. The molecule has 0 unspecified atom stereocenters. The Morgan fingerprint density at radius 3 is 1.64 bits per heavy atom. The summed E-state index contributed by atoms with van der Waals surface area (Å²) in [5.74, 6) is -0.970. The van der Waals surface area contributed by atoms with E-state index in [9.17, 15) is 4.79 Å². The van der Waals surface area contributed by atoms with Crippen LogP contribution in [0.25, 0.3) is 0 Å². The molecule has 0 aromatic heterocycles. The van der Waals surface area contributed by atoms with Gasteiger partial charge < -0.3 is 24.1 Å². The monoisotopic (exact) mass is 360 g/mol. The summed E-state index contributed by atoms with van der Waals surface area (Å²) in [7, 11) is 0. The third kappa shape index (κ3) is 23.1. The maximum absolute atomic E-state index is 10.2. The van der Waals surface area contributed by atoms with E-state index in [1.54, 1.807) is 0 Å². The molecule has 0 heterocycles. The zero-order chi connectivity index (χ0) is 18.4. The highest BCUT2D eigenvalue weighted by molar-refractivity contribution is 5.67. The van der Waals surface area contributed by atoms with Gasteiger partial charge >= 0.3 is 5.97 Å². The molecule has 1 N–H and O–H groups in total. The van der Waals surface area contributed by atoms with E-state index in [2.05, 4.69) is 6.58 Å². The zero-order valence-electron chi connectivity index (χ0n) is 15.6. The summed E-state index contributed by atoms with van der Waals surface area (Å²) in [5, 5.41) is 8.36. The fourth-order valence-corrected chi connectivity index (χ4v) is 2.20. The first-order chi connectivity index (χ1) is 12.3. The summed E-state index contributed by atoms with van der Waals surface area (Å²) < 4.78 is 21.0. The topological polar surface area (TPSA) is 74.2 Å². The van der Waals surface area contributed by atoms with Gasteiger partial charge in [-0.15, -0.1) is 6.58 Å². The van der Waals surface area contributed by atoms with Crippen LogP contribution in [0.4, 0.5) is 0 Å². The summed E-state index contributed by atoms with van der Waals surface area (Å²) in [6.07, 6.45) is 12.0. The van der Waals surface area contributed by atoms with Gasteiger partial charge in [0.15, 0.2) is 0 Å². The van der Waals surface area contributed by atoms with Crippen molar-refractivity contribution in [1.29, 1.82) is 0 Å². The summed E-state index contributed by atoms with van der Waals surface area (Å²) in [6.45, 7) is 7.08. The van der Waals surface area contributed by atoms with E-state index in [1.807, 2.05) is 6.08 Å². The second-order valence-corrected chi connectivity index (χ2v) is 5.84. The minimum absolute atomic E-state index is 0.282. The Labute approximate surface area is 152 Å². The van der Waals surface area contributed by atoms with Crippen molar-refractivity contribution in [2.24, 2.45) is 0 Å². The molecule has 0 spiro atoms. The van der Waals surface area contributed by atoms with Crippen LogP contribution in [0.2, 0.25) is 0 Å². The standard InChI is InChI=1S/C19H36O6/c1-2-3-4-5-6-7-8-9-10-11-22-12-13-23-14-15-24-16-17-25-18-19(20)21/h2H,1,3-18H2,(H,20,21). The van der Waals surface area contributed by atoms with Gasteiger partial charge in [0.25, 0.3) is 0 Å². The van der Waals surface area contributed by atoms with Gasteiger partial charge in [0, 0.05) is 6.61 Å². The van der Waals surface area contributed by atoms with Gasteiger partial charge in [-0.3, -0.25) is 0 Å². The minimum atomic E-state index is -0.970. The largest absolute Gasteiger partial charge is 0.480 e. The van der Waals surface area contributed by atoms with E-state index < -0.39 is 5.97 Å². The third-order valence-electron chi connectivity index (χ3n) is 3.54. The molecule has 0 atom stereocenters. The third-order valence-corrected chi connectivity index (χ3v) is 3.54. The molecule has 0 bridgehead atoms. The summed E-state index contributed by atoms with van der Waals surface area (Å²) >= 11 is 0. The van der Waals surface area contributed by atoms with Crippen LogP contribution >= 0.6 is 0 Å². The van der Waals surface area contributed by atoms with Crippen molar-refractivity contribution in [3.05, 3.63) is 12.7 Å². The maximum Gasteiger partial charge on any atom is 0.329 e. The van der Waals surface area contributed by atoms with Crippen LogP contribution in [0.3, 0.4) is 0 Å². The second-order valence-electron chi connectivity index (χ2n) is 5.84. The molecule has 0 saturated heterocycles. The second kappa shape index (κ2) is 21.1. The lowest BCUT2D eigenvalue weighted by Gasteiger charge is -2.07. The van der Waals surface area contributed by atoms with Crippen LogP contribution in [0, 0.1) is 0 Å². The number of hydrogen-bond donors (Lipinski definition) is 1. The zero-order valence-corrected chi connectivity index (χ0v) is 15.6. The molecule has 0 rings (SSSR count). The van der Waals surface area contributed by atoms with Crippen molar-refractivity contribution < 1.29 is 28.8 Å². The molecule has 0 amide bonds. The fourth-order valence-electron chi connectivity index (χ4n) is 2.20. The van der Waals surface area contributed by atoms with Crippen molar-refractivity contribution in [3.8, 4) is 0 Å². The normalized spacial score (nSPS) is 10.9. The number of rotatable bonds is 21. The van der Waals surface area contributed by atoms with Crippen LogP contribution in [0.15, 0.2) is 12.7 Å². The van der Waals surface area contributed by atoms with Gasteiger partial charge in [0.2, 0.25) is 0 Å². The molecule has 0 fully saturated rings. The molecule has 0 saturated carbocycles. The SMILES string of the molecule is C=CCCCCCCCCCOCCOCCOCCOCC(=O)O. The van der Waals surface area contributed by atoms with Crippen molar-refractivity contribution in [2.75, 3.05) is 52.9 Å². The van der Waals surface area contributed by atoms with E-state index >= 15 is 0 Å². The first-order valence-electron chi connectivity index (χ1n) is 9.41. The number of unbranched alkanes of at least 4 members (excludes halogenated alkanes) is 7. The van der Waals surface area contributed by atoms with Crippen LogP contribution in [-0.2, 0) is 23.7 Å². The number of carbonyl (C=O) groups is 1. The molecule has 0 aromatic carbocycles. The van der Waals surface area contributed by atoms with Crippen molar-refractivity contribution in [2.45, 2.75) is 51.4 Å². The Balaban J connectivity index is 2.98. The van der Waals surface area contributed by atoms with E-state index in [0.717, 1.165) is 19.4 Å². The highest BCUT2D eigenvalue weighted by atomic mass is 16.6. The highest BCUT2D eigenvalue weighted by Gasteiger charge is 1.96. The predicted octanol–water partition coefficient (Wildman–Crippen LogP) is 3.44. The predicted molar refractivity (Wildman–Crippen MR) is 98.0 cm³/mol. The van der Waals surface area contributed by atoms with Crippen LogP contribution in [0.5, 0.6) is 0 Å². The van der Waals surface area contributed by atoms with Gasteiger partial charge in [0.05, 0.1) is 39.6 Å². The lowest BCUT2D eigenvalue weighted by Crippen LogP contribution is -2.14. The van der Waals surface area contributed by atoms with Crippen LogP contribution < -0.4 is 0 Å². The Morgan fingerprint density at radius 2 is 1.12 bits per heavy atom. The highest BCUT2D eigenvalue weighted by Crippen LogP contribution is 2.08. The number of allylic oxidation sites excluding steroid dienone is 1. The summed E-state index contributed by atoms with van der Waals surface area (Å²) in [5.41, 5.74) is 0. The quantitative estimate of drug-likeness (QED) is 0.250. The molecule has 0 radical (unpaired) electrons. The molecule has 0 aromatic rings. The Hall–Kier alpha value is -0.950. The Morgan fingerprint density at radius 1 is 0.680 bits per heavy atom. The molecule has 148 valence electrons. The Bertz CT molecular complexity index is 296. The minimum Gasteiger partial charge on any atom is -0.480 e. The smallest absolute Gasteiger partial charge is 0.329 e. The molecule has 6 nitrogen and oxygen atoms in total. The molecule has 6 heteroatoms. The van der Waals surface area contributed by atoms with Crippen molar-refractivity contribution in [1.82, 2.24) is 0 Å². The first-order valence-corrected chi connectivity index (χ1v) is 9.41. The molecular weight excluding hydrogens is 324 g/mol. The van der Waals surface area contributed by atoms with Gasteiger partial charge in [-0.25, -0.2) is 4.79 Å². The van der Waals surface area contributed by atoms with Gasteiger partial charge in [-0.05, 0) is 19.3 Å². The van der Waals surface area contributed by atoms with Gasteiger partial charge in [0.1, 0.15) is 6.61 Å². The van der Waals surface area contributed by atoms with Gasteiger partial charge in [-0.1, -0.05) is 38.2 Å². The average Bonchev–Trinajstić information content (AvgIpc) is 2.60. The Kier molecular flexibility index (Phi) is 20.3. The first kappa shape index (κ1) is 24.1. The van der Waals surface area contributed by atoms with E-state index in [0.29, 0.717) is 33.0 Å². The van der Waals surface area contributed by atoms with E-state index in [4.69, 9.17) is 24.1 Å². The fraction of sp³-hybridized carbons (Fsp3) is 0.842. The molecular formula is C19H36O6. The number of ether oxygens (including phenoxy) is 4.